The molecular weight excluding hydrogens is 412 g/mol. The molecule has 1 heterocycles. The van der Waals surface area contributed by atoms with Crippen molar-refractivity contribution < 1.29 is 14.3 Å². The van der Waals surface area contributed by atoms with Crippen molar-refractivity contribution in [2.24, 2.45) is 0 Å². The van der Waals surface area contributed by atoms with Gasteiger partial charge >= 0.3 is 0 Å². The van der Waals surface area contributed by atoms with Crippen LogP contribution < -0.4 is 4.74 Å². The van der Waals surface area contributed by atoms with E-state index < -0.39 is 6.04 Å². The molecule has 0 unspecified atom stereocenters. The molecule has 1 saturated carbocycles. The Morgan fingerprint density at radius 1 is 0.968 bits per heavy atom. The van der Waals surface area contributed by atoms with Crippen molar-refractivity contribution in [2.75, 3.05) is 13.7 Å². The Kier molecular flexibility index (Phi) is 6.81. The lowest BCUT2D eigenvalue weighted by Gasteiger charge is -2.43. The fourth-order valence-electron chi connectivity index (χ4n) is 4.73. The Bertz CT molecular complexity index is 923. The number of piperazine rings is 1. The molecule has 1 aliphatic carbocycles. The summed E-state index contributed by atoms with van der Waals surface area (Å²) < 4.78 is 5.28. The normalized spacial score (nSPS) is 20.6. The van der Waals surface area contributed by atoms with Crippen LogP contribution in [-0.4, -0.2) is 41.3 Å². The molecule has 0 radical (unpaired) electrons. The summed E-state index contributed by atoms with van der Waals surface area (Å²) >= 11 is 6.38. The van der Waals surface area contributed by atoms with Gasteiger partial charge in [0, 0.05) is 17.6 Å². The van der Waals surface area contributed by atoms with Gasteiger partial charge < -0.3 is 14.5 Å². The van der Waals surface area contributed by atoms with E-state index in [-0.39, 0.29) is 24.4 Å². The first kappa shape index (κ1) is 21.7. The number of hydrogen-bond acceptors (Lipinski definition) is 3. The average Bonchev–Trinajstić information content (AvgIpc) is 3.07. The van der Waals surface area contributed by atoms with E-state index in [1.54, 1.807) is 12.0 Å². The van der Waals surface area contributed by atoms with Crippen molar-refractivity contribution >= 4 is 23.4 Å². The van der Waals surface area contributed by atoms with E-state index >= 15 is 0 Å². The lowest BCUT2D eigenvalue weighted by Crippen LogP contribution is -2.57. The Morgan fingerprint density at radius 2 is 1.65 bits per heavy atom. The second-order valence-electron chi connectivity index (χ2n) is 8.40. The fraction of sp³-hybridized carbons (Fsp3) is 0.440. The zero-order valence-electron chi connectivity index (χ0n) is 17.9. The van der Waals surface area contributed by atoms with Gasteiger partial charge in [-0.1, -0.05) is 67.6 Å². The quantitative estimate of drug-likeness (QED) is 0.616. The van der Waals surface area contributed by atoms with Gasteiger partial charge in [-0.05, 0) is 42.2 Å². The molecular formula is C25H29ClN2O3. The van der Waals surface area contributed by atoms with Crippen LogP contribution in [0.2, 0.25) is 5.02 Å². The van der Waals surface area contributed by atoms with E-state index in [1.807, 2.05) is 53.4 Å². The number of benzene rings is 2. The fourth-order valence-corrected chi connectivity index (χ4v) is 4.92. The van der Waals surface area contributed by atoms with Crippen LogP contribution in [0.4, 0.5) is 0 Å². The number of carbonyl (C=O) groups is 2. The first-order valence-electron chi connectivity index (χ1n) is 11.1. The number of ether oxygens (including phenoxy) is 1. The van der Waals surface area contributed by atoms with E-state index in [0.29, 0.717) is 11.6 Å². The summed E-state index contributed by atoms with van der Waals surface area (Å²) in [4.78, 5) is 30.7. The van der Waals surface area contributed by atoms with Gasteiger partial charge in [-0.2, -0.15) is 0 Å². The molecule has 1 atom stereocenters. The summed E-state index contributed by atoms with van der Waals surface area (Å²) in [5, 5.41) is 0.599. The Balaban J connectivity index is 1.68. The molecule has 6 heteroatoms. The molecule has 0 N–H and O–H groups in total. The SMILES string of the molecule is COc1ccc([C@H]2C(=O)N(C3CCCCCC3)CC(=O)N2Cc2ccccc2Cl)cc1. The van der Waals surface area contributed by atoms with Crippen molar-refractivity contribution in [1.29, 1.82) is 0 Å². The summed E-state index contributed by atoms with van der Waals surface area (Å²) in [6.45, 7) is 0.445. The standard InChI is InChI=1S/C25H29ClN2O3/c1-31-21-14-12-18(13-15-21)24-25(30)27(20-9-4-2-3-5-10-20)17-23(29)28(24)16-19-8-6-7-11-22(19)26/h6-8,11-15,20,24H,2-5,9-10,16-17H2,1H3/t24-/m0/s1. The predicted molar refractivity (Wildman–Crippen MR) is 121 cm³/mol. The molecule has 5 nitrogen and oxygen atoms in total. The molecule has 4 rings (SSSR count). The van der Waals surface area contributed by atoms with E-state index in [9.17, 15) is 9.59 Å². The van der Waals surface area contributed by atoms with Crippen molar-refractivity contribution in [1.82, 2.24) is 9.80 Å². The topological polar surface area (TPSA) is 49.9 Å². The molecule has 2 aromatic rings. The molecule has 1 aliphatic heterocycles. The molecule has 2 amide bonds. The van der Waals surface area contributed by atoms with Gasteiger partial charge in [0.2, 0.25) is 5.91 Å². The van der Waals surface area contributed by atoms with Crippen molar-refractivity contribution in [3.63, 3.8) is 0 Å². The number of halogens is 1. The van der Waals surface area contributed by atoms with Crippen molar-refractivity contribution in [3.05, 3.63) is 64.7 Å². The second kappa shape index (κ2) is 9.73. The molecule has 1 saturated heterocycles. The van der Waals surface area contributed by atoms with E-state index in [4.69, 9.17) is 16.3 Å². The summed E-state index contributed by atoms with van der Waals surface area (Å²) in [5.41, 5.74) is 1.64. The minimum absolute atomic E-state index is 0.00344. The van der Waals surface area contributed by atoms with Gasteiger partial charge in [-0.3, -0.25) is 9.59 Å². The van der Waals surface area contributed by atoms with Crippen LogP contribution in [0, 0.1) is 0 Å². The van der Waals surface area contributed by atoms with E-state index in [1.165, 1.54) is 12.8 Å². The van der Waals surface area contributed by atoms with E-state index in [0.717, 1.165) is 42.6 Å². The number of nitrogens with zero attached hydrogens (tertiary/aromatic N) is 2. The third kappa shape index (κ3) is 4.72. The number of methoxy groups -OCH3 is 1. The first-order valence-corrected chi connectivity index (χ1v) is 11.4. The lowest BCUT2D eigenvalue weighted by molar-refractivity contribution is -0.159. The number of hydrogen-bond donors (Lipinski definition) is 0. The van der Waals surface area contributed by atoms with Crippen LogP contribution in [0.5, 0.6) is 5.75 Å². The highest BCUT2D eigenvalue weighted by Gasteiger charge is 2.42. The number of rotatable bonds is 5. The summed E-state index contributed by atoms with van der Waals surface area (Å²) in [6, 6.07) is 14.4. The van der Waals surface area contributed by atoms with Crippen LogP contribution in [0.25, 0.3) is 0 Å². The lowest BCUT2D eigenvalue weighted by atomic mass is 9.97. The minimum Gasteiger partial charge on any atom is -0.497 e. The molecule has 2 fully saturated rings. The van der Waals surface area contributed by atoms with Crippen LogP contribution in [0.3, 0.4) is 0 Å². The Morgan fingerprint density at radius 3 is 2.29 bits per heavy atom. The molecule has 31 heavy (non-hydrogen) atoms. The van der Waals surface area contributed by atoms with Gasteiger partial charge in [0.1, 0.15) is 18.3 Å². The predicted octanol–water partition coefficient (Wildman–Crippen LogP) is 4.98. The molecule has 2 aliphatic rings. The van der Waals surface area contributed by atoms with Crippen LogP contribution in [-0.2, 0) is 16.1 Å². The van der Waals surface area contributed by atoms with Crippen LogP contribution >= 0.6 is 11.6 Å². The Hall–Kier alpha value is -2.53. The van der Waals surface area contributed by atoms with Gasteiger partial charge in [0.15, 0.2) is 0 Å². The number of amides is 2. The number of carbonyl (C=O) groups excluding carboxylic acids is 2. The highest BCUT2D eigenvalue weighted by atomic mass is 35.5. The monoisotopic (exact) mass is 440 g/mol. The summed E-state index contributed by atoms with van der Waals surface area (Å²) in [5.74, 6) is 0.685. The first-order chi connectivity index (χ1) is 15.1. The minimum atomic E-state index is -0.660. The maximum Gasteiger partial charge on any atom is 0.250 e. The second-order valence-corrected chi connectivity index (χ2v) is 8.81. The van der Waals surface area contributed by atoms with Crippen LogP contribution in [0.1, 0.15) is 55.7 Å². The average molecular weight is 441 g/mol. The Labute approximate surface area is 188 Å². The van der Waals surface area contributed by atoms with Crippen molar-refractivity contribution in [2.45, 2.75) is 57.2 Å². The molecule has 2 aromatic carbocycles. The molecule has 0 bridgehead atoms. The summed E-state index contributed by atoms with van der Waals surface area (Å²) in [7, 11) is 1.61. The molecule has 164 valence electrons. The smallest absolute Gasteiger partial charge is 0.250 e. The van der Waals surface area contributed by atoms with Gasteiger partial charge in [-0.15, -0.1) is 0 Å². The maximum atomic E-state index is 13.8. The molecule has 0 aromatic heterocycles. The largest absolute Gasteiger partial charge is 0.497 e. The zero-order valence-corrected chi connectivity index (χ0v) is 18.7. The maximum absolute atomic E-state index is 13.8. The van der Waals surface area contributed by atoms with Crippen molar-refractivity contribution in [3.8, 4) is 5.75 Å². The van der Waals surface area contributed by atoms with Crippen LogP contribution in [0.15, 0.2) is 48.5 Å². The zero-order chi connectivity index (χ0) is 21.8. The van der Waals surface area contributed by atoms with Gasteiger partial charge in [-0.25, -0.2) is 0 Å². The highest BCUT2D eigenvalue weighted by molar-refractivity contribution is 6.31. The van der Waals surface area contributed by atoms with Gasteiger partial charge in [0.25, 0.3) is 5.91 Å². The summed E-state index contributed by atoms with van der Waals surface area (Å²) in [6.07, 6.45) is 6.57. The third-order valence-electron chi connectivity index (χ3n) is 6.45. The van der Waals surface area contributed by atoms with E-state index in [2.05, 4.69) is 0 Å². The highest BCUT2D eigenvalue weighted by Crippen LogP contribution is 2.34. The molecule has 0 spiro atoms. The third-order valence-corrected chi connectivity index (χ3v) is 6.82. The van der Waals surface area contributed by atoms with Gasteiger partial charge in [0.05, 0.1) is 7.11 Å².